The molecule has 0 atom stereocenters. The lowest BCUT2D eigenvalue weighted by Gasteiger charge is -2.15. The quantitative estimate of drug-likeness (QED) is 0.427. The van der Waals surface area contributed by atoms with Gasteiger partial charge in [-0.3, -0.25) is 4.79 Å². The molecule has 1 amide bonds. The van der Waals surface area contributed by atoms with Crippen LogP contribution in [0.15, 0.2) is 41.0 Å². The zero-order valence-corrected chi connectivity index (χ0v) is 18.6. The molecule has 0 unspecified atom stereocenters. The largest absolute Gasteiger partial charge is 0.493 e. The van der Waals surface area contributed by atoms with Crippen LogP contribution in [0.4, 0.5) is 0 Å². The number of ether oxygens (including phenoxy) is 1. The van der Waals surface area contributed by atoms with Gasteiger partial charge in [-0.1, -0.05) is 29.3 Å². The summed E-state index contributed by atoms with van der Waals surface area (Å²) >= 11 is 12.5. The number of carbonyl (C=O) groups is 1. The number of fused-ring (bicyclic) bond motifs is 1. The van der Waals surface area contributed by atoms with Gasteiger partial charge in [0.25, 0.3) is 0 Å². The van der Waals surface area contributed by atoms with Gasteiger partial charge in [0.1, 0.15) is 11.3 Å². The highest BCUT2D eigenvalue weighted by Gasteiger charge is 2.20. The van der Waals surface area contributed by atoms with E-state index in [0.717, 1.165) is 38.8 Å². The molecule has 0 aliphatic carbocycles. The van der Waals surface area contributed by atoms with Crippen LogP contribution >= 0.6 is 23.2 Å². The maximum atomic E-state index is 12.2. The summed E-state index contributed by atoms with van der Waals surface area (Å²) in [5.41, 5.74) is 4.95. The van der Waals surface area contributed by atoms with E-state index in [-0.39, 0.29) is 5.91 Å². The van der Waals surface area contributed by atoms with Gasteiger partial charge in [0, 0.05) is 52.8 Å². The highest BCUT2D eigenvalue weighted by Crippen LogP contribution is 2.42. The maximum Gasteiger partial charge on any atom is 0.246 e. The Bertz CT molecular complexity index is 1110. The molecule has 1 heterocycles. The van der Waals surface area contributed by atoms with Crippen molar-refractivity contribution < 1.29 is 13.9 Å². The summed E-state index contributed by atoms with van der Waals surface area (Å²) in [5.74, 6) is 0.624. The van der Waals surface area contributed by atoms with E-state index in [1.807, 2.05) is 32.9 Å². The van der Waals surface area contributed by atoms with E-state index in [2.05, 4.69) is 0 Å². The van der Waals surface area contributed by atoms with Crippen LogP contribution in [0.2, 0.25) is 10.0 Å². The zero-order valence-electron chi connectivity index (χ0n) is 17.1. The van der Waals surface area contributed by atoms with Gasteiger partial charge in [-0.05, 0) is 44.5 Å². The molecule has 0 fully saturated rings. The first kappa shape index (κ1) is 21.3. The van der Waals surface area contributed by atoms with Gasteiger partial charge >= 0.3 is 0 Å². The van der Waals surface area contributed by atoms with Gasteiger partial charge in [-0.2, -0.15) is 0 Å². The van der Waals surface area contributed by atoms with Crippen molar-refractivity contribution in [3.05, 3.63) is 57.8 Å². The number of hydrogen-bond acceptors (Lipinski definition) is 3. The van der Waals surface area contributed by atoms with Crippen molar-refractivity contribution in [1.29, 1.82) is 0 Å². The zero-order chi connectivity index (χ0) is 21.3. The monoisotopic (exact) mass is 431 g/mol. The Balaban J connectivity index is 2.27. The standard InChI is InChI=1S/C23H23Cl2NO3/c1-6-28-22-14(3)23-18(11-17(22)13(2)9-21(27)26(4)5)19(12-29-23)16-8-7-15(24)10-20(16)25/h7-12H,6H2,1-5H3/b13-9+. The Kier molecular flexibility index (Phi) is 6.25. The van der Waals surface area contributed by atoms with Crippen molar-refractivity contribution in [1.82, 2.24) is 4.90 Å². The highest BCUT2D eigenvalue weighted by molar-refractivity contribution is 6.36. The van der Waals surface area contributed by atoms with Crippen molar-refractivity contribution in [2.75, 3.05) is 20.7 Å². The number of benzene rings is 2. The lowest BCUT2D eigenvalue weighted by Crippen LogP contribution is -2.19. The number of furan rings is 1. The highest BCUT2D eigenvalue weighted by atomic mass is 35.5. The molecule has 3 rings (SSSR count). The summed E-state index contributed by atoms with van der Waals surface area (Å²) in [6.45, 7) is 6.29. The molecule has 29 heavy (non-hydrogen) atoms. The molecular weight excluding hydrogens is 409 g/mol. The van der Waals surface area contributed by atoms with Crippen molar-refractivity contribution in [3.63, 3.8) is 0 Å². The molecular formula is C23H23Cl2NO3. The number of rotatable bonds is 5. The molecule has 0 saturated carbocycles. The Morgan fingerprint density at radius 3 is 2.55 bits per heavy atom. The molecule has 2 aromatic carbocycles. The van der Waals surface area contributed by atoms with Gasteiger partial charge < -0.3 is 14.1 Å². The topological polar surface area (TPSA) is 42.7 Å². The molecule has 4 nitrogen and oxygen atoms in total. The number of aryl methyl sites for hydroxylation is 1. The minimum Gasteiger partial charge on any atom is -0.493 e. The van der Waals surface area contributed by atoms with Crippen LogP contribution in [0.5, 0.6) is 5.75 Å². The lowest BCUT2D eigenvalue weighted by atomic mass is 9.96. The van der Waals surface area contributed by atoms with Gasteiger partial charge in [-0.25, -0.2) is 0 Å². The molecule has 0 saturated heterocycles. The third-order valence-electron chi connectivity index (χ3n) is 4.76. The number of carbonyl (C=O) groups excluding carboxylic acids is 1. The van der Waals surface area contributed by atoms with Crippen molar-refractivity contribution >= 4 is 45.7 Å². The van der Waals surface area contributed by atoms with Crippen LogP contribution in [-0.2, 0) is 4.79 Å². The molecule has 3 aromatic rings. The average Bonchev–Trinajstić information content (AvgIpc) is 3.07. The fraction of sp³-hybridized carbons (Fsp3) is 0.261. The van der Waals surface area contributed by atoms with Crippen molar-refractivity contribution in [2.24, 2.45) is 0 Å². The second-order valence-electron chi connectivity index (χ2n) is 7.02. The summed E-state index contributed by atoms with van der Waals surface area (Å²) in [5, 5.41) is 2.02. The summed E-state index contributed by atoms with van der Waals surface area (Å²) in [6, 6.07) is 7.37. The van der Waals surface area contributed by atoms with Gasteiger partial charge in [0.2, 0.25) is 5.91 Å². The normalized spacial score (nSPS) is 11.8. The molecule has 0 N–H and O–H groups in total. The fourth-order valence-corrected chi connectivity index (χ4v) is 3.76. The number of nitrogens with zero attached hydrogens (tertiary/aromatic N) is 1. The Hall–Kier alpha value is -2.43. The van der Waals surface area contributed by atoms with Crippen molar-refractivity contribution in [2.45, 2.75) is 20.8 Å². The number of likely N-dealkylation sites (N-methyl/N-ethyl adjacent to an activating group) is 1. The SMILES string of the molecule is CCOc1c(/C(C)=C/C(=O)N(C)C)cc2c(-c3ccc(Cl)cc3Cl)coc2c1C. The summed E-state index contributed by atoms with van der Waals surface area (Å²) in [7, 11) is 3.45. The Labute approximate surface area is 180 Å². The third kappa shape index (κ3) is 4.14. The number of halogens is 2. The summed E-state index contributed by atoms with van der Waals surface area (Å²) in [4.78, 5) is 13.8. The molecule has 1 aromatic heterocycles. The van der Waals surface area contributed by atoms with E-state index in [1.54, 1.807) is 38.6 Å². The average molecular weight is 432 g/mol. The maximum absolute atomic E-state index is 12.2. The Morgan fingerprint density at radius 1 is 1.21 bits per heavy atom. The minimum absolute atomic E-state index is 0.0872. The van der Waals surface area contributed by atoms with Gasteiger partial charge in [0.05, 0.1) is 17.9 Å². The molecule has 6 heteroatoms. The molecule has 0 aliphatic rings. The smallest absolute Gasteiger partial charge is 0.246 e. The van der Waals surface area contributed by atoms with Crippen LogP contribution in [0.3, 0.4) is 0 Å². The fourth-order valence-electron chi connectivity index (χ4n) is 3.25. The predicted molar refractivity (Wildman–Crippen MR) is 120 cm³/mol. The molecule has 152 valence electrons. The number of amides is 1. The van der Waals surface area contributed by atoms with Gasteiger partial charge in [0.15, 0.2) is 0 Å². The first-order valence-corrected chi connectivity index (χ1v) is 10.0. The number of hydrogen-bond donors (Lipinski definition) is 0. The lowest BCUT2D eigenvalue weighted by molar-refractivity contribution is -0.123. The molecule has 0 radical (unpaired) electrons. The van der Waals surface area contributed by atoms with Crippen LogP contribution < -0.4 is 4.74 Å². The Morgan fingerprint density at radius 2 is 1.93 bits per heavy atom. The van der Waals surface area contributed by atoms with E-state index >= 15 is 0 Å². The van der Waals surface area contributed by atoms with Crippen LogP contribution in [0.25, 0.3) is 27.7 Å². The van der Waals surface area contributed by atoms with Gasteiger partial charge in [-0.15, -0.1) is 0 Å². The predicted octanol–water partition coefficient (Wildman–Crippen LogP) is 6.61. The molecule has 0 aliphatic heterocycles. The van der Waals surface area contributed by atoms with Crippen LogP contribution in [0.1, 0.15) is 25.0 Å². The first-order chi connectivity index (χ1) is 13.7. The van der Waals surface area contributed by atoms with E-state index in [1.165, 1.54) is 4.90 Å². The second kappa shape index (κ2) is 8.52. The van der Waals surface area contributed by atoms with Crippen molar-refractivity contribution in [3.8, 4) is 16.9 Å². The third-order valence-corrected chi connectivity index (χ3v) is 5.31. The van der Waals surface area contributed by atoms with E-state index in [4.69, 9.17) is 32.4 Å². The summed E-state index contributed by atoms with van der Waals surface area (Å²) in [6.07, 6.45) is 3.30. The van der Waals surface area contributed by atoms with Crippen LogP contribution in [-0.4, -0.2) is 31.5 Å². The van der Waals surface area contributed by atoms with E-state index in [0.29, 0.717) is 22.4 Å². The first-order valence-electron chi connectivity index (χ1n) is 9.27. The molecule has 0 spiro atoms. The van der Waals surface area contributed by atoms with E-state index in [9.17, 15) is 4.79 Å². The second-order valence-corrected chi connectivity index (χ2v) is 7.87. The van der Waals surface area contributed by atoms with Crippen LogP contribution in [0, 0.1) is 6.92 Å². The number of allylic oxidation sites excluding steroid dienone is 1. The molecule has 0 bridgehead atoms. The van der Waals surface area contributed by atoms with E-state index < -0.39 is 0 Å². The minimum atomic E-state index is -0.0872. The summed E-state index contributed by atoms with van der Waals surface area (Å²) < 4.78 is 11.8.